The molecule has 0 radical (unpaired) electrons. The summed E-state index contributed by atoms with van der Waals surface area (Å²) in [6.45, 7) is 3.99. The number of anilines is 1. The van der Waals surface area contributed by atoms with Crippen molar-refractivity contribution in [1.82, 2.24) is 15.0 Å². The van der Waals surface area contributed by atoms with Gasteiger partial charge in [-0.15, -0.1) is 0 Å². The van der Waals surface area contributed by atoms with Gasteiger partial charge < -0.3 is 4.98 Å². The highest BCUT2D eigenvalue weighted by atomic mass is 15.3. The van der Waals surface area contributed by atoms with E-state index < -0.39 is 0 Å². The molecule has 0 fully saturated rings. The zero-order valence-corrected chi connectivity index (χ0v) is 13.5. The summed E-state index contributed by atoms with van der Waals surface area (Å²) in [5.41, 5.74) is 7.87. The van der Waals surface area contributed by atoms with E-state index in [2.05, 4.69) is 38.5 Å². The van der Waals surface area contributed by atoms with Gasteiger partial charge in [0.1, 0.15) is 11.5 Å². The third kappa shape index (κ3) is 2.60. The van der Waals surface area contributed by atoms with E-state index in [1.54, 1.807) is 0 Å². The molecule has 0 bridgehead atoms. The maximum absolute atomic E-state index is 4.60. The number of imidazole rings is 1. The zero-order valence-electron chi connectivity index (χ0n) is 13.5. The second kappa shape index (κ2) is 5.77. The van der Waals surface area contributed by atoms with E-state index >= 15 is 0 Å². The standard InChI is InChI=1S/C19H17N5/c1-12-11-18(20-15-8-4-3-7-14(12)15)24-23-13(2)19-21-16-9-5-6-10-17(16)22-19/h3-11H,1-2H3,(H,20,24)(H,21,22)/b23-13+. The molecular formula is C19H17N5. The first-order valence-electron chi connectivity index (χ1n) is 7.82. The Bertz CT molecular complexity index is 1030. The van der Waals surface area contributed by atoms with Crippen molar-refractivity contribution in [2.24, 2.45) is 5.10 Å². The molecule has 0 unspecified atom stereocenters. The van der Waals surface area contributed by atoms with E-state index in [0.29, 0.717) is 0 Å². The molecule has 0 amide bonds. The zero-order chi connectivity index (χ0) is 16.5. The maximum atomic E-state index is 4.60. The van der Waals surface area contributed by atoms with E-state index in [1.807, 2.05) is 55.5 Å². The molecule has 24 heavy (non-hydrogen) atoms. The van der Waals surface area contributed by atoms with Gasteiger partial charge in [-0.3, -0.25) is 5.43 Å². The Kier molecular flexibility index (Phi) is 3.46. The number of benzene rings is 2. The molecule has 0 atom stereocenters. The number of rotatable bonds is 3. The molecule has 0 aliphatic heterocycles. The van der Waals surface area contributed by atoms with Crippen LogP contribution in [0.5, 0.6) is 0 Å². The summed E-state index contributed by atoms with van der Waals surface area (Å²) >= 11 is 0. The van der Waals surface area contributed by atoms with E-state index in [9.17, 15) is 0 Å². The number of hydrazone groups is 1. The number of nitrogens with one attached hydrogen (secondary N) is 2. The summed E-state index contributed by atoms with van der Waals surface area (Å²) < 4.78 is 0. The summed E-state index contributed by atoms with van der Waals surface area (Å²) in [7, 11) is 0. The smallest absolute Gasteiger partial charge is 0.154 e. The van der Waals surface area contributed by atoms with Crippen LogP contribution in [0.15, 0.2) is 59.7 Å². The minimum absolute atomic E-state index is 0.724. The quantitative estimate of drug-likeness (QED) is 0.438. The van der Waals surface area contributed by atoms with Crippen LogP contribution in [0.3, 0.4) is 0 Å². The van der Waals surface area contributed by atoms with Gasteiger partial charge in [0.2, 0.25) is 0 Å². The fraction of sp³-hybridized carbons (Fsp3) is 0.105. The predicted molar refractivity (Wildman–Crippen MR) is 98.4 cm³/mol. The number of nitrogens with zero attached hydrogens (tertiary/aromatic N) is 3. The average molecular weight is 315 g/mol. The Morgan fingerprint density at radius 3 is 2.58 bits per heavy atom. The first-order chi connectivity index (χ1) is 11.7. The van der Waals surface area contributed by atoms with Crippen LogP contribution in [0.25, 0.3) is 21.9 Å². The lowest BCUT2D eigenvalue weighted by molar-refractivity contribution is 1.21. The number of hydrogen-bond acceptors (Lipinski definition) is 4. The maximum Gasteiger partial charge on any atom is 0.154 e. The summed E-state index contributed by atoms with van der Waals surface area (Å²) in [4.78, 5) is 12.4. The number of aryl methyl sites for hydroxylation is 1. The molecule has 2 aromatic heterocycles. The van der Waals surface area contributed by atoms with Crippen LogP contribution >= 0.6 is 0 Å². The van der Waals surface area contributed by atoms with Gasteiger partial charge in [-0.05, 0) is 43.7 Å². The summed E-state index contributed by atoms with van der Waals surface area (Å²) in [5, 5.41) is 5.57. The number of H-pyrrole nitrogens is 1. The summed E-state index contributed by atoms with van der Waals surface area (Å²) in [6, 6.07) is 18.0. The van der Waals surface area contributed by atoms with Crippen molar-refractivity contribution in [2.75, 3.05) is 5.43 Å². The van der Waals surface area contributed by atoms with Crippen molar-refractivity contribution < 1.29 is 0 Å². The molecular weight excluding hydrogens is 298 g/mol. The average Bonchev–Trinajstić information content (AvgIpc) is 3.04. The van der Waals surface area contributed by atoms with Crippen molar-refractivity contribution in [1.29, 1.82) is 0 Å². The van der Waals surface area contributed by atoms with Crippen LogP contribution in [0.1, 0.15) is 18.3 Å². The molecule has 0 aliphatic carbocycles. The first-order valence-corrected chi connectivity index (χ1v) is 7.82. The van der Waals surface area contributed by atoms with Gasteiger partial charge in [-0.1, -0.05) is 30.3 Å². The lowest BCUT2D eigenvalue weighted by atomic mass is 10.1. The highest BCUT2D eigenvalue weighted by Gasteiger charge is 2.06. The fourth-order valence-corrected chi connectivity index (χ4v) is 2.72. The third-order valence-corrected chi connectivity index (χ3v) is 3.99. The fourth-order valence-electron chi connectivity index (χ4n) is 2.72. The van der Waals surface area contributed by atoms with Gasteiger partial charge in [0.25, 0.3) is 0 Å². The molecule has 2 N–H and O–H groups in total. The molecule has 0 saturated heterocycles. The van der Waals surface area contributed by atoms with E-state index in [1.165, 1.54) is 5.56 Å². The monoisotopic (exact) mass is 315 g/mol. The normalized spacial score (nSPS) is 12.0. The van der Waals surface area contributed by atoms with Crippen LogP contribution in [-0.4, -0.2) is 20.7 Å². The number of pyridine rings is 1. The molecule has 0 saturated carbocycles. The van der Waals surface area contributed by atoms with Crippen LogP contribution in [-0.2, 0) is 0 Å². The Morgan fingerprint density at radius 1 is 1.00 bits per heavy atom. The predicted octanol–water partition coefficient (Wildman–Crippen LogP) is 4.26. The number of fused-ring (bicyclic) bond motifs is 2. The van der Waals surface area contributed by atoms with Crippen molar-refractivity contribution >= 4 is 33.5 Å². The Hall–Kier alpha value is -3.21. The van der Waals surface area contributed by atoms with Crippen LogP contribution < -0.4 is 5.43 Å². The molecule has 4 rings (SSSR count). The molecule has 2 aromatic carbocycles. The van der Waals surface area contributed by atoms with Crippen LogP contribution in [0, 0.1) is 6.92 Å². The molecule has 4 aromatic rings. The van der Waals surface area contributed by atoms with Crippen LogP contribution in [0.2, 0.25) is 0 Å². The van der Waals surface area contributed by atoms with Gasteiger partial charge in [0.05, 0.1) is 16.6 Å². The lowest BCUT2D eigenvalue weighted by Gasteiger charge is -2.06. The second-order valence-electron chi connectivity index (χ2n) is 5.75. The lowest BCUT2D eigenvalue weighted by Crippen LogP contribution is -2.03. The molecule has 118 valence electrons. The largest absolute Gasteiger partial charge is 0.337 e. The number of aromatic nitrogens is 3. The first kappa shape index (κ1) is 14.4. The summed E-state index contributed by atoms with van der Waals surface area (Å²) in [5.74, 6) is 1.47. The molecule has 2 heterocycles. The van der Waals surface area contributed by atoms with Gasteiger partial charge >= 0.3 is 0 Å². The van der Waals surface area contributed by atoms with E-state index in [0.717, 1.165) is 39.3 Å². The van der Waals surface area contributed by atoms with Crippen molar-refractivity contribution in [2.45, 2.75) is 13.8 Å². The number of aromatic amines is 1. The molecule has 5 heteroatoms. The van der Waals surface area contributed by atoms with E-state index in [-0.39, 0.29) is 0 Å². The molecule has 0 spiro atoms. The van der Waals surface area contributed by atoms with Gasteiger partial charge in [-0.25, -0.2) is 9.97 Å². The third-order valence-electron chi connectivity index (χ3n) is 3.99. The minimum Gasteiger partial charge on any atom is -0.337 e. The van der Waals surface area contributed by atoms with Crippen LogP contribution in [0.4, 0.5) is 5.82 Å². The topological polar surface area (TPSA) is 66.0 Å². The summed E-state index contributed by atoms with van der Waals surface area (Å²) in [6.07, 6.45) is 0. The van der Waals surface area contributed by atoms with Crippen molar-refractivity contribution in [3.8, 4) is 0 Å². The Labute approximate surface area is 139 Å². The Balaban J connectivity index is 1.64. The van der Waals surface area contributed by atoms with Crippen molar-refractivity contribution in [3.05, 3.63) is 66.0 Å². The number of hydrogen-bond donors (Lipinski definition) is 2. The minimum atomic E-state index is 0.724. The molecule has 0 aliphatic rings. The highest BCUT2D eigenvalue weighted by molar-refractivity contribution is 5.98. The SMILES string of the molecule is C/C(=N\Nc1cc(C)c2ccccc2n1)c1nc2ccccc2[nH]1. The molecule has 5 nitrogen and oxygen atoms in total. The van der Waals surface area contributed by atoms with Gasteiger partial charge in [-0.2, -0.15) is 5.10 Å². The second-order valence-corrected chi connectivity index (χ2v) is 5.75. The highest BCUT2D eigenvalue weighted by Crippen LogP contribution is 2.20. The number of para-hydroxylation sites is 3. The van der Waals surface area contributed by atoms with E-state index in [4.69, 9.17) is 0 Å². The van der Waals surface area contributed by atoms with Crippen molar-refractivity contribution in [3.63, 3.8) is 0 Å². The Morgan fingerprint density at radius 2 is 1.75 bits per heavy atom. The van der Waals surface area contributed by atoms with Gasteiger partial charge in [0, 0.05) is 5.39 Å². The van der Waals surface area contributed by atoms with Gasteiger partial charge in [0.15, 0.2) is 5.82 Å².